The summed E-state index contributed by atoms with van der Waals surface area (Å²) >= 11 is 6.30. The van der Waals surface area contributed by atoms with Gasteiger partial charge in [0, 0.05) is 11.1 Å². The van der Waals surface area contributed by atoms with Gasteiger partial charge in [0.15, 0.2) is 0 Å². The van der Waals surface area contributed by atoms with E-state index in [4.69, 9.17) is 11.6 Å². The second-order valence-electron chi connectivity index (χ2n) is 8.60. The minimum atomic E-state index is -0.786. The first-order valence-electron chi connectivity index (χ1n) is 10.5. The molecule has 1 saturated heterocycles. The van der Waals surface area contributed by atoms with Crippen molar-refractivity contribution in [3.63, 3.8) is 0 Å². The number of rotatable bonds is 5. The molecular weight excluding hydrogens is 434 g/mol. The molecule has 32 heavy (non-hydrogen) atoms. The Balaban J connectivity index is 1.57. The van der Waals surface area contributed by atoms with Crippen LogP contribution < -0.4 is 0 Å². The molecule has 164 valence electrons. The maximum absolute atomic E-state index is 13.6. The van der Waals surface area contributed by atoms with E-state index in [1.165, 1.54) is 24.3 Å². The third-order valence-electron chi connectivity index (χ3n) is 6.99. The van der Waals surface area contributed by atoms with E-state index in [-0.39, 0.29) is 29.6 Å². The second-order valence-corrected chi connectivity index (χ2v) is 9.01. The topological polar surface area (TPSA) is 101 Å². The summed E-state index contributed by atoms with van der Waals surface area (Å²) in [6.45, 7) is -0.156. The number of hydrogen-bond donors (Lipinski definition) is 0. The van der Waals surface area contributed by atoms with Crippen molar-refractivity contribution in [3.8, 4) is 0 Å². The molecule has 2 saturated carbocycles. The van der Waals surface area contributed by atoms with Crippen LogP contribution >= 0.6 is 11.6 Å². The fourth-order valence-electron chi connectivity index (χ4n) is 5.60. The van der Waals surface area contributed by atoms with Gasteiger partial charge in [0.05, 0.1) is 23.3 Å². The van der Waals surface area contributed by atoms with Gasteiger partial charge in [0.25, 0.3) is 23.4 Å². The SMILES string of the molecule is O=C(c1ccccc1[N+](=O)[O-])N(Cc1ccccc1Cl)N1C(=O)[C@H]2[C@H]3CC[C@@H](C3)[C@@H]2C1=O. The Labute approximate surface area is 188 Å². The lowest BCUT2D eigenvalue weighted by molar-refractivity contribution is -0.385. The minimum absolute atomic E-state index is 0.148. The van der Waals surface area contributed by atoms with Gasteiger partial charge >= 0.3 is 0 Å². The van der Waals surface area contributed by atoms with Crippen molar-refractivity contribution in [2.24, 2.45) is 23.7 Å². The van der Waals surface area contributed by atoms with Gasteiger partial charge in [-0.25, -0.2) is 5.01 Å². The number of hydrazine groups is 1. The normalized spacial score (nSPS) is 25.8. The average molecular weight is 454 g/mol. The maximum atomic E-state index is 13.6. The van der Waals surface area contributed by atoms with Gasteiger partial charge in [-0.3, -0.25) is 24.5 Å². The van der Waals surface area contributed by atoms with Crippen molar-refractivity contribution < 1.29 is 19.3 Å². The molecule has 3 fully saturated rings. The lowest BCUT2D eigenvalue weighted by atomic mass is 9.81. The van der Waals surface area contributed by atoms with E-state index in [1.807, 2.05) is 0 Å². The molecule has 0 unspecified atom stereocenters. The highest BCUT2D eigenvalue weighted by atomic mass is 35.5. The van der Waals surface area contributed by atoms with E-state index >= 15 is 0 Å². The largest absolute Gasteiger partial charge is 0.282 e. The Morgan fingerprint density at radius 1 is 1.03 bits per heavy atom. The van der Waals surface area contributed by atoms with E-state index in [2.05, 4.69) is 0 Å². The van der Waals surface area contributed by atoms with Gasteiger partial charge in [-0.1, -0.05) is 41.9 Å². The summed E-state index contributed by atoms with van der Waals surface area (Å²) in [5, 5.41) is 13.9. The van der Waals surface area contributed by atoms with Crippen LogP contribution in [0.5, 0.6) is 0 Å². The van der Waals surface area contributed by atoms with E-state index < -0.39 is 34.5 Å². The maximum Gasteiger partial charge on any atom is 0.282 e. The van der Waals surface area contributed by atoms with Gasteiger partial charge in [-0.05, 0) is 48.8 Å². The highest BCUT2D eigenvalue weighted by molar-refractivity contribution is 6.31. The zero-order chi connectivity index (χ0) is 22.6. The first kappa shape index (κ1) is 20.6. The fraction of sp³-hybridized carbons (Fsp3) is 0.348. The van der Waals surface area contributed by atoms with E-state index in [0.29, 0.717) is 10.6 Å². The van der Waals surface area contributed by atoms with Crippen molar-refractivity contribution in [1.29, 1.82) is 0 Å². The smallest absolute Gasteiger partial charge is 0.272 e. The summed E-state index contributed by atoms with van der Waals surface area (Å²) in [7, 11) is 0. The molecule has 0 radical (unpaired) electrons. The number of carbonyl (C=O) groups excluding carboxylic acids is 3. The van der Waals surface area contributed by atoms with Crippen LogP contribution in [0.15, 0.2) is 48.5 Å². The predicted molar refractivity (Wildman–Crippen MR) is 114 cm³/mol. The van der Waals surface area contributed by atoms with Crippen LogP contribution in [-0.2, 0) is 16.1 Å². The van der Waals surface area contributed by atoms with Gasteiger partial charge < -0.3 is 0 Å². The van der Waals surface area contributed by atoms with Crippen LogP contribution in [0.4, 0.5) is 5.69 Å². The summed E-state index contributed by atoms with van der Waals surface area (Å²) < 4.78 is 0. The summed E-state index contributed by atoms with van der Waals surface area (Å²) in [6, 6.07) is 12.3. The molecule has 2 aromatic carbocycles. The van der Waals surface area contributed by atoms with Crippen molar-refractivity contribution >= 4 is 35.0 Å². The molecule has 8 nitrogen and oxygen atoms in total. The highest BCUT2D eigenvalue weighted by Gasteiger charge is 2.62. The molecule has 2 aromatic rings. The average Bonchev–Trinajstić information content (AvgIpc) is 3.47. The summed E-state index contributed by atoms with van der Waals surface area (Å²) in [6.07, 6.45) is 2.67. The number of halogens is 1. The van der Waals surface area contributed by atoms with E-state index in [0.717, 1.165) is 29.3 Å². The van der Waals surface area contributed by atoms with Gasteiger partial charge in [0.1, 0.15) is 5.56 Å². The van der Waals surface area contributed by atoms with Crippen molar-refractivity contribution in [3.05, 3.63) is 74.8 Å². The number of amides is 3. The number of para-hydroxylation sites is 1. The minimum Gasteiger partial charge on any atom is -0.272 e. The molecule has 1 aliphatic heterocycles. The van der Waals surface area contributed by atoms with Crippen LogP contribution in [0, 0.1) is 33.8 Å². The van der Waals surface area contributed by atoms with Gasteiger partial charge in [0.2, 0.25) is 0 Å². The van der Waals surface area contributed by atoms with Crippen LogP contribution in [0.2, 0.25) is 5.02 Å². The van der Waals surface area contributed by atoms with E-state index in [1.54, 1.807) is 24.3 Å². The number of nitrogens with zero attached hydrogens (tertiary/aromatic N) is 3. The summed E-state index contributed by atoms with van der Waals surface area (Å²) in [5.74, 6) is -2.13. The molecule has 3 aliphatic rings. The summed E-state index contributed by atoms with van der Waals surface area (Å²) in [5.41, 5.74) is -0.0482. The number of carbonyl (C=O) groups is 3. The van der Waals surface area contributed by atoms with Gasteiger partial charge in [-0.15, -0.1) is 0 Å². The first-order chi connectivity index (χ1) is 15.4. The Bertz CT molecular complexity index is 1120. The molecule has 1 heterocycles. The lowest BCUT2D eigenvalue weighted by Gasteiger charge is -2.31. The fourth-order valence-corrected chi connectivity index (χ4v) is 5.80. The van der Waals surface area contributed by atoms with E-state index in [9.17, 15) is 24.5 Å². The molecule has 0 spiro atoms. The monoisotopic (exact) mass is 453 g/mol. The Kier molecular flexibility index (Phi) is 4.97. The molecule has 0 aromatic heterocycles. The van der Waals surface area contributed by atoms with Crippen molar-refractivity contribution in [2.75, 3.05) is 0 Å². The number of fused-ring (bicyclic) bond motifs is 5. The van der Waals surface area contributed by atoms with Gasteiger partial charge in [-0.2, -0.15) is 5.01 Å². The molecular formula is C23H20ClN3O5. The number of benzene rings is 2. The molecule has 3 amide bonds. The number of nitro benzene ring substituents is 1. The van der Waals surface area contributed by atoms with Crippen LogP contribution in [0.1, 0.15) is 35.2 Å². The zero-order valence-electron chi connectivity index (χ0n) is 17.0. The molecule has 2 aliphatic carbocycles. The quantitative estimate of drug-likeness (QED) is 0.389. The van der Waals surface area contributed by atoms with Crippen LogP contribution in [-0.4, -0.2) is 32.7 Å². The van der Waals surface area contributed by atoms with Crippen LogP contribution in [0.25, 0.3) is 0 Å². The molecule has 5 rings (SSSR count). The number of nitro groups is 1. The number of hydrogen-bond acceptors (Lipinski definition) is 5. The lowest BCUT2D eigenvalue weighted by Crippen LogP contribution is -2.50. The third kappa shape index (κ3) is 3.09. The standard InChI is InChI=1S/C23H20ClN3O5/c24-17-7-3-1-5-15(17)12-25(21(28)16-6-2-4-8-18(16)27(31)32)26-22(29)19-13-9-10-14(11-13)20(19)23(26)30/h1-8,13-14,19-20H,9-12H2/t13-,14-,19-,20-/m0/s1. The predicted octanol–water partition coefficient (Wildman–Crippen LogP) is 3.84. The first-order valence-corrected chi connectivity index (χ1v) is 10.9. The zero-order valence-corrected chi connectivity index (χ0v) is 17.8. The second kappa shape index (κ2) is 7.70. The molecule has 0 N–H and O–H groups in total. The Morgan fingerprint density at radius 2 is 1.62 bits per heavy atom. The Morgan fingerprint density at radius 3 is 2.25 bits per heavy atom. The third-order valence-corrected chi connectivity index (χ3v) is 7.36. The molecule has 2 bridgehead atoms. The van der Waals surface area contributed by atoms with Crippen molar-refractivity contribution in [1.82, 2.24) is 10.0 Å². The van der Waals surface area contributed by atoms with Crippen molar-refractivity contribution in [2.45, 2.75) is 25.8 Å². The Hall–Kier alpha value is -3.26. The molecule has 4 atom stereocenters. The highest BCUT2D eigenvalue weighted by Crippen LogP contribution is 2.56. The molecule has 9 heteroatoms. The van der Waals surface area contributed by atoms with Crippen LogP contribution in [0.3, 0.4) is 0 Å². The number of imide groups is 1. The summed E-state index contributed by atoms with van der Waals surface area (Å²) in [4.78, 5) is 51.3.